The zero-order valence-electron chi connectivity index (χ0n) is 10.9. The van der Waals surface area contributed by atoms with Crippen molar-refractivity contribution in [1.82, 2.24) is 0 Å². The van der Waals surface area contributed by atoms with Crippen LogP contribution in [0.1, 0.15) is 11.1 Å². The summed E-state index contributed by atoms with van der Waals surface area (Å²) in [6.07, 6.45) is 0. The molecule has 2 rings (SSSR count). The molecule has 21 heavy (non-hydrogen) atoms. The van der Waals surface area contributed by atoms with Crippen molar-refractivity contribution in [2.24, 2.45) is 0 Å². The first-order valence-corrected chi connectivity index (χ1v) is 7.30. The SMILES string of the molecule is Cc1cc(NS(=O)(=O)c2ccc(F)c(C#N)c2)ccc1F. The Morgan fingerprint density at radius 2 is 1.76 bits per heavy atom. The average molecular weight is 308 g/mol. The van der Waals surface area contributed by atoms with Crippen molar-refractivity contribution in [2.75, 3.05) is 4.72 Å². The molecule has 0 bridgehead atoms. The summed E-state index contributed by atoms with van der Waals surface area (Å²) in [5, 5.41) is 8.72. The van der Waals surface area contributed by atoms with Gasteiger partial charge in [0.2, 0.25) is 0 Å². The van der Waals surface area contributed by atoms with E-state index in [0.717, 1.165) is 24.3 Å². The van der Waals surface area contributed by atoms with Gasteiger partial charge in [0.05, 0.1) is 10.5 Å². The Hall–Kier alpha value is -2.46. The van der Waals surface area contributed by atoms with Gasteiger partial charge < -0.3 is 0 Å². The molecule has 108 valence electrons. The minimum absolute atomic E-state index is 0.178. The highest BCUT2D eigenvalue weighted by atomic mass is 32.2. The number of aryl methyl sites for hydroxylation is 1. The van der Waals surface area contributed by atoms with E-state index in [1.165, 1.54) is 19.1 Å². The molecule has 2 aromatic carbocycles. The molecule has 0 saturated heterocycles. The molecule has 0 aliphatic carbocycles. The summed E-state index contributed by atoms with van der Waals surface area (Å²) in [7, 11) is -3.98. The van der Waals surface area contributed by atoms with E-state index in [-0.39, 0.29) is 21.7 Å². The molecular formula is C14H10F2N2O2S. The van der Waals surface area contributed by atoms with Crippen LogP contribution in [0.3, 0.4) is 0 Å². The van der Waals surface area contributed by atoms with Crippen LogP contribution in [0.25, 0.3) is 0 Å². The molecule has 2 aromatic rings. The summed E-state index contributed by atoms with van der Waals surface area (Å²) >= 11 is 0. The van der Waals surface area contributed by atoms with Crippen molar-refractivity contribution >= 4 is 15.7 Å². The van der Waals surface area contributed by atoms with Crippen molar-refractivity contribution in [2.45, 2.75) is 11.8 Å². The Balaban J connectivity index is 2.38. The third kappa shape index (κ3) is 3.17. The number of nitrogens with zero attached hydrogens (tertiary/aromatic N) is 1. The van der Waals surface area contributed by atoms with E-state index >= 15 is 0 Å². The van der Waals surface area contributed by atoms with Crippen molar-refractivity contribution in [3.05, 3.63) is 59.2 Å². The van der Waals surface area contributed by atoms with Crippen LogP contribution in [0.2, 0.25) is 0 Å². The summed E-state index contributed by atoms with van der Waals surface area (Å²) in [6, 6.07) is 8.21. The smallest absolute Gasteiger partial charge is 0.261 e. The number of halogens is 2. The number of benzene rings is 2. The molecule has 0 aliphatic heterocycles. The zero-order valence-corrected chi connectivity index (χ0v) is 11.7. The maximum absolute atomic E-state index is 13.2. The average Bonchev–Trinajstić information content (AvgIpc) is 2.43. The van der Waals surface area contributed by atoms with Crippen LogP contribution in [0, 0.1) is 29.9 Å². The Morgan fingerprint density at radius 3 is 2.38 bits per heavy atom. The van der Waals surface area contributed by atoms with Gasteiger partial charge in [-0.3, -0.25) is 4.72 Å². The van der Waals surface area contributed by atoms with Gasteiger partial charge in [0.1, 0.15) is 17.7 Å². The fourth-order valence-corrected chi connectivity index (χ4v) is 2.75. The quantitative estimate of drug-likeness (QED) is 0.947. The van der Waals surface area contributed by atoms with E-state index in [1.54, 1.807) is 6.07 Å². The predicted molar refractivity (Wildman–Crippen MR) is 73.1 cm³/mol. The number of nitriles is 1. The molecule has 0 aromatic heterocycles. The second-order valence-corrected chi connectivity index (χ2v) is 6.01. The van der Waals surface area contributed by atoms with Crippen LogP contribution in [-0.4, -0.2) is 8.42 Å². The van der Waals surface area contributed by atoms with Crippen LogP contribution in [0.15, 0.2) is 41.3 Å². The lowest BCUT2D eigenvalue weighted by Gasteiger charge is -2.09. The third-order valence-electron chi connectivity index (χ3n) is 2.78. The minimum Gasteiger partial charge on any atom is -0.280 e. The molecule has 4 nitrogen and oxygen atoms in total. The maximum Gasteiger partial charge on any atom is 0.261 e. The Morgan fingerprint density at radius 1 is 1.10 bits per heavy atom. The summed E-state index contributed by atoms with van der Waals surface area (Å²) in [5.41, 5.74) is 0.0944. The molecule has 0 radical (unpaired) electrons. The highest BCUT2D eigenvalue weighted by Gasteiger charge is 2.17. The molecule has 0 saturated carbocycles. The summed E-state index contributed by atoms with van der Waals surface area (Å²) in [6.45, 7) is 1.50. The number of nitrogens with one attached hydrogen (secondary N) is 1. The summed E-state index contributed by atoms with van der Waals surface area (Å²) < 4.78 is 52.9. The number of hydrogen-bond donors (Lipinski definition) is 1. The van der Waals surface area contributed by atoms with Crippen LogP contribution in [-0.2, 0) is 10.0 Å². The Bertz CT molecular complexity index is 843. The van der Waals surface area contributed by atoms with Crippen LogP contribution < -0.4 is 4.72 Å². The summed E-state index contributed by atoms with van der Waals surface area (Å²) in [4.78, 5) is -0.248. The van der Waals surface area contributed by atoms with Crippen molar-refractivity contribution < 1.29 is 17.2 Å². The van der Waals surface area contributed by atoms with E-state index in [1.807, 2.05) is 0 Å². The number of anilines is 1. The highest BCUT2D eigenvalue weighted by molar-refractivity contribution is 7.92. The van der Waals surface area contributed by atoms with Gasteiger partial charge in [0.25, 0.3) is 10.0 Å². The first-order chi connectivity index (χ1) is 9.83. The third-order valence-corrected chi connectivity index (χ3v) is 4.16. The molecule has 1 N–H and O–H groups in total. The lowest BCUT2D eigenvalue weighted by Crippen LogP contribution is -2.13. The highest BCUT2D eigenvalue weighted by Crippen LogP contribution is 2.20. The van der Waals surface area contributed by atoms with Gasteiger partial charge in [-0.2, -0.15) is 5.26 Å². The van der Waals surface area contributed by atoms with E-state index in [0.29, 0.717) is 0 Å². The van der Waals surface area contributed by atoms with Crippen molar-refractivity contribution in [3.63, 3.8) is 0 Å². The Labute approximate surface area is 120 Å². The van der Waals surface area contributed by atoms with E-state index in [4.69, 9.17) is 5.26 Å². The normalized spacial score (nSPS) is 11.0. The Kier molecular flexibility index (Phi) is 3.91. The molecule has 0 amide bonds. The lowest BCUT2D eigenvalue weighted by molar-refractivity contribution is 0.599. The van der Waals surface area contributed by atoms with E-state index < -0.39 is 21.7 Å². The van der Waals surface area contributed by atoms with E-state index in [2.05, 4.69) is 4.72 Å². The molecule has 0 atom stereocenters. The topological polar surface area (TPSA) is 70.0 Å². The van der Waals surface area contributed by atoms with Gasteiger partial charge in [-0.1, -0.05) is 0 Å². The monoisotopic (exact) mass is 308 g/mol. The van der Waals surface area contributed by atoms with Gasteiger partial charge in [-0.25, -0.2) is 17.2 Å². The molecule has 0 fully saturated rings. The summed E-state index contributed by atoms with van der Waals surface area (Å²) in [5.74, 6) is -1.25. The number of sulfonamides is 1. The van der Waals surface area contributed by atoms with Gasteiger partial charge in [-0.15, -0.1) is 0 Å². The molecular weight excluding hydrogens is 298 g/mol. The second-order valence-electron chi connectivity index (χ2n) is 4.32. The molecule has 7 heteroatoms. The fraction of sp³-hybridized carbons (Fsp3) is 0.0714. The first kappa shape index (κ1) is 14.9. The maximum atomic E-state index is 13.2. The zero-order chi connectivity index (χ0) is 15.6. The van der Waals surface area contributed by atoms with Crippen LogP contribution >= 0.6 is 0 Å². The van der Waals surface area contributed by atoms with Crippen LogP contribution in [0.4, 0.5) is 14.5 Å². The molecule has 0 unspecified atom stereocenters. The van der Waals surface area contributed by atoms with Crippen molar-refractivity contribution in [3.8, 4) is 6.07 Å². The molecule has 0 spiro atoms. The van der Waals surface area contributed by atoms with Gasteiger partial charge >= 0.3 is 0 Å². The second kappa shape index (κ2) is 5.50. The number of rotatable bonds is 3. The van der Waals surface area contributed by atoms with Gasteiger partial charge in [-0.05, 0) is 48.9 Å². The van der Waals surface area contributed by atoms with Crippen LogP contribution in [0.5, 0.6) is 0 Å². The van der Waals surface area contributed by atoms with Crippen molar-refractivity contribution in [1.29, 1.82) is 5.26 Å². The predicted octanol–water partition coefficient (Wildman–Crippen LogP) is 2.95. The van der Waals surface area contributed by atoms with Gasteiger partial charge in [0, 0.05) is 5.69 Å². The number of hydrogen-bond acceptors (Lipinski definition) is 3. The molecule has 0 heterocycles. The minimum atomic E-state index is -3.98. The van der Waals surface area contributed by atoms with Gasteiger partial charge in [0.15, 0.2) is 0 Å². The fourth-order valence-electron chi connectivity index (χ4n) is 1.68. The van der Waals surface area contributed by atoms with E-state index in [9.17, 15) is 17.2 Å². The lowest BCUT2D eigenvalue weighted by atomic mass is 10.2. The molecule has 0 aliphatic rings. The largest absolute Gasteiger partial charge is 0.280 e. The standard InChI is InChI=1S/C14H10F2N2O2S/c1-9-6-11(2-4-13(9)15)18-21(19,20)12-3-5-14(16)10(7-12)8-17/h2-7,18H,1H3. The first-order valence-electron chi connectivity index (χ1n) is 5.82.